The molecule has 5 rings (SSSR count). The molecule has 0 bridgehead atoms. The largest absolute Gasteiger partial charge is 0.435 e. The van der Waals surface area contributed by atoms with Crippen LogP contribution in [0.25, 0.3) is 0 Å². The molecule has 0 saturated carbocycles. The van der Waals surface area contributed by atoms with Gasteiger partial charge in [0.1, 0.15) is 17.3 Å². The van der Waals surface area contributed by atoms with Gasteiger partial charge in [0.25, 0.3) is 0 Å². The zero-order chi connectivity index (χ0) is 25.4. The van der Waals surface area contributed by atoms with Gasteiger partial charge in [-0.2, -0.15) is 18.3 Å². The number of thiazole rings is 1. The average molecular weight is 524 g/mol. The highest BCUT2D eigenvalue weighted by atomic mass is 32.1. The molecular weight excluding hydrogens is 501 g/mol. The molecule has 0 unspecified atom stereocenters. The molecule has 1 aromatic carbocycles. The van der Waals surface area contributed by atoms with Gasteiger partial charge in [0.15, 0.2) is 11.8 Å². The zero-order valence-corrected chi connectivity index (χ0v) is 20.0. The van der Waals surface area contributed by atoms with E-state index in [1.165, 1.54) is 34.2 Å². The summed E-state index contributed by atoms with van der Waals surface area (Å²) in [4.78, 5) is 12.1. The lowest BCUT2D eigenvalue weighted by molar-refractivity contribution is -0.141. The summed E-state index contributed by atoms with van der Waals surface area (Å²) < 4.78 is 68.0. The number of halogens is 5. The number of hydrogen-bond acceptors (Lipinski definition) is 6. The minimum Gasteiger partial charge on any atom is -0.387 e. The summed E-state index contributed by atoms with van der Waals surface area (Å²) in [6, 6.07) is 4.71. The molecule has 6 nitrogen and oxygen atoms in total. The van der Waals surface area contributed by atoms with Crippen molar-refractivity contribution < 1.29 is 26.8 Å². The van der Waals surface area contributed by atoms with Crippen molar-refractivity contribution in [2.75, 3.05) is 13.1 Å². The Balaban J connectivity index is 1.14. The first-order valence-electron chi connectivity index (χ1n) is 11.4. The van der Waals surface area contributed by atoms with Gasteiger partial charge in [0.05, 0.1) is 29.4 Å². The molecule has 0 N–H and O–H groups in total. The molecule has 0 aliphatic carbocycles. The summed E-state index contributed by atoms with van der Waals surface area (Å²) >= 11 is 1.51. The van der Waals surface area contributed by atoms with E-state index < -0.39 is 29.6 Å². The predicted molar refractivity (Wildman–Crippen MR) is 123 cm³/mol. The van der Waals surface area contributed by atoms with Gasteiger partial charge in [-0.15, -0.1) is 11.3 Å². The van der Waals surface area contributed by atoms with Crippen LogP contribution in [0.15, 0.2) is 34.8 Å². The monoisotopic (exact) mass is 523 g/mol. The van der Waals surface area contributed by atoms with Gasteiger partial charge in [-0.3, -0.25) is 9.58 Å². The topological polar surface area (TPSA) is 55.5 Å². The first-order chi connectivity index (χ1) is 17.2. The second kappa shape index (κ2) is 9.89. The van der Waals surface area contributed by atoms with Crippen LogP contribution in [-0.4, -0.2) is 38.5 Å². The third-order valence-electron chi connectivity index (χ3n) is 6.32. The van der Waals surface area contributed by atoms with Crippen LogP contribution in [0.5, 0.6) is 0 Å². The Kier molecular flexibility index (Phi) is 6.82. The first kappa shape index (κ1) is 24.8. The molecule has 12 heteroatoms. The number of aromatic nitrogens is 3. The molecular formula is C24H22F5N5OS. The highest BCUT2D eigenvalue weighted by Crippen LogP contribution is 2.35. The zero-order valence-electron chi connectivity index (χ0n) is 19.2. The van der Waals surface area contributed by atoms with Crippen molar-refractivity contribution in [2.24, 2.45) is 5.16 Å². The van der Waals surface area contributed by atoms with E-state index in [-0.39, 0.29) is 17.9 Å². The van der Waals surface area contributed by atoms with E-state index in [0.717, 1.165) is 37.0 Å². The Hall–Kier alpha value is -2.86. The maximum Gasteiger partial charge on any atom is 0.435 e. The maximum atomic E-state index is 14.1. The molecule has 2 aromatic heterocycles. The van der Waals surface area contributed by atoms with Crippen LogP contribution in [0, 0.1) is 31.6 Å². The van der Waals surface area contributed by atoms with Crippen molar-refractivity contribution in [1.82, 2.24) is 19.7 Å². The number of nitrogens with zero attached hydrogens (tertiary/aromatic N) is 5. The first-order valence-corrected chi connectivity index (χ1v) is 12.2. The molecule has 1 fully saturated rings. The van der Waals surface area contributed by atoms with Crippen molar-refractivity contribution >= 4 is 17.0 Å². The summed E-state index contributed by atoms with van der Waals surface area (Å²) in [6.07, 6.45) is -3.41. The SMILES string of the molecule is Cc1cc(C(F)(F)F)nn1[CH][CH]N1CCC(c2nc(C3=NO[C@@H](c4c(F)cccc4F)C3)cs2)CC1. The van der Waals surface area contributed by atoms with E-state index >= 15 is 0 Å². The highest BCUT2D eigenvalue weighted by molar-refractivity contribution is 7.10. The van der Waals surface area contributed by atoms with Crippen LogP contribution in [0.2, 0.25) is 0 Å². The number of hydrogen-bond donors (Lipinski definition) is 0. The summed E-state index contributed by atoms with van der Waals surface area (Å²) in [6.45, 7) is 6.33. The fraction of sp³-hybridized carbons (Fsp3) is 0.375. The molecule has 0 amide bonds. The van der Waals surface area contributed by atoms with Crippen molar-refractivity contribution in [2.45, 2.75) is 44.4 Å². The van der Waals surface area contributed by atoms with E-state index in [2.05, 4.69) is 10.3 Å². The van der Waals surface area contributed by atoms with Crippen LogP contribution in [0.4, 0.5) is 22.0 Å². The van der Waals surface area contributed by atoms with Crippen molar-refractivity contribution in [1.29, 1.82) is 0 Å². The van der Waals surface area contributed by atoms with Crippen LogP contribution in [0.3, 0.4) is 0 Å². The number of aryl methyl sites for hydroxylation is 1. The van der Waals surface area contributed by atoms with Gasteiger partial charge in [-0.1, -0.05) is 11.2 Å². The Morgan fingerprint density at radius 3 is 2.50 bits per heavy atom. The fourth-order valence-corrected chi connectivity index (χ4v) is 5.34. The van der Waals surface area contributed by atoms with E-state index in [4.69, 9.17) is 9.82 Å². The van der Waals surface area contributed by atoms with Crippen molar-refractivity contribution in [3.8, 4) is 0 Å². The molecule has 1 saturated heterocycles. The summed E-state index contributed by atoms with van der Waals surface area (Å²) in [5.74, 6) is -1.10. The number of alkyl halides is 3. The van der Waals surface area contributed by atoms with E-state index in [9.17, 15) is 22.0 Å². The number of rotatable bonds is 6. The quantitative estimate of drug-likeness (QED) is 0.380. The molecule has 4 heterocycles. The van der Waals surface area contributed by atoms with Crippen LogP contribution >= 0.6 is 11.3 Å². The van der Waals surface area contributed by atoms with Crippen molar-refractivity contribution in [3.63, 3.8) is 0 Å². The summed E-state index contributed by atoms with van der Waals surface area (Å²) in [7, 11) is 0. The summed E-state index contributed by atoms with van der Waals surface area (Å²) in [5, 5.41) is 10.5. The predicted octanol–water partition coefficient (Wildman–Crippen LogP) is 5.86. The fourth-order valence-electron chi connectivity index (χ4n) is 4.34. The maximum absolute atomic E-state index is 14.1. The molecule has 2 aliphatic heterocycles. The van der Waals surface area contributed by atoms with Gasteiger partial charge in [0, 0.05) is 23.4 Å². The van der Waals surface area contributed by atoms with Crippen molar-refractivity contribution in [3.05, 3.63) is 82.0 Å². The molecule has 2 aliphatic rings. The summed E-state index contributed by atoms with van der Waals surface area (Å²) in [5.41, 5.74) is 0.560. The molecule has 3 aromatic rings. The molecule has 1 atom stereocenters. The van der Waals surface area contributed by atoms with Crippen LogP contribution < -0.4 is 0 Å². The smallest absolute Gasteiger partial charge is 0.387 e. The standard InChI is InChI=1S/C24H22F5N5OS/c1-14-11-21(24(27,28)29)31-34(14)10-9-33-7-5-15(6-8-33)23-30-19(13-36-23)18-12-20(35-32-18)22-16(25)3-2-4-17(22)26/h2-4,9-11,13,15,20H,5-8,12H2,1H3/t20-/m1/s1. The molecule has 0 spiro atoms. The van der Waals surface area contributed by atoms with E-state index in [0.29, 0.717) is 17.1 Å². The Morgan fingerprint density at radius 2 is 1.83 bits per heavy atom. The minimum atomic E-state index is -4.47. The van der Waals surface area contributed by atoms with Crippen LogP contribution in [-0.2, 0) is 11.0 Å². The Morgan fingerprint density at radius 1 is 1.11 bits per heavy atom. The van der Waals surface area contributed by atoms with Gasteiger partial charge in [-0.05, 0) is 51.1 Å². The lowest BCUT2D eigenvalue weighted by atomic mass is 9.97. The number of likely N-dealkylation sites (tertiary alicyclic amines) is 1. The third kappa shape index (κ3) is 5.15. The lowest BCUT2D eigenvalue weighted by Gasteiger charge is -2.30. The average Bonchev–Trinajstić information content (AvgIpc) is 3.58. The molecule has 36 heavy (non-hydrogen) atoms. The number of piperidine rings is 1. The molecule has 2 radical (unpaired) electrons. The second-order valence-corrected chi connectivity index (χ2v) is 9.65. The minimum absolute atomic E-state index is 0.132. The number of oxime groups is 1. The van der Waals surface area contributed by atoms with Crippen LogP contribution in [0.1, 0.15) is 58.9 Å². The van der Waals surface area contributed by atoms with Gasteiger partial charge >= 0.3 is 6.18 Å². The molecule has 190 valence electrons. The Labute approximate surface area is 208 Å². The second-order valence-electron chi connectivity index (χ2n) is 8.76. The lowest BCUT2D eigenvalue weighted by Crippen LogP contribution is -2.31. The van der Waals surface area contributed by atoms with E-state index in [1.54, 1.807) is 20.0 Å². The number of benzene rings is 1. The van der Waals surface area contributed by atoms with E-state index in [1.807, 2.05) is 10.3 Å². The highest BCUT2D eigenvalue weighted by Gasteiger charge is 2.35. The normalized spacial score (nSPS) is 19.5. The third-order valence-corrected chi connectivity index (χ3v) is 7.33. The Bertz CT molecular complexity index is 1240. The van der Waals surface area contributed by atoms with Gasteiger partial charge in [-0.25, -0.2) is 13.8 Å². The van der Waals surface area contributed by atoms with Gasteiger partial charge < -0.3 is 4.84 Å². The van der Waals surface area contributed by atoms with Gasteiger partial charge in [0.2, 0.25) is 0 Å².